The molecule has 19 heavy (non-hydrogen) atoms. The smallest absolute Gasteiger partial charge is 0.303 e. The van der Waals surface area contributed by atoms with E-state index in [2.05, 4.69) is 27.7 Å². The fourth-order valence-corrected chi connectivity index (χ4v) is 6.30. The molecule has 5 atom stereocenters. The van der Waals surface area contributed by atoms with Gasteiger partial charge < -0.3 is 4.74 Å². The maximum absolute atomic E-state index is 11.6. The fraction of sp³-hybridized carbons (Fsp3) is 0.941. The van der Waals surface area contributed by atoms with E-state index in [0.717, 1.165) is 24.2 Å². The van der Waals surface area contributed by atoms with Gasteiger partial charge in [-0.05, 0) is 62.2 Å². The molecule has 2 heteroatoms. The molecule has 3 aliphatic carbocycles. The Hall–Kier alpha value is -0.530. The maximum atomic E-state index is 11.6. The Balaban J connectivity index is 2.02. The summed E-state index contributed by atoms with van der Waals surface area (Å²) in [7, 11) is 0. The highest BCUT2D eigenvalue weighted by Crippen LogP contribution is 2.74. The summed E-state index contributed by atoms with van der Waals surface area (Å²) in [4.78, 5) is 11.6. The van der Waals surface area contributed by atoms with Gasteiger partial charge in [-0.3, -0.25) is 4.79 Å². The lowest BCUT2D eigenvalue weighted by molar-refractivity contribution is -0.172. The average molecular weight is 264 g/mol. The summed E-state index contributed by atoms with van der Waals surface area (Å²) >= 11 is 0. The standard InChI is InChI=1S/C17H28O2/c1-11-6-9-17-10-13(11)15(3,4)14(17)7-8-16(17,5)19-12(2)18/h11,13-14H,6-10H2,1-5H3/t11-,13-,14-,16+,17+/m0/s1. The van der Waals surface area contributed by atoms with E-state index < -0.39 is 0 Å². The fourth-order valence-electron chi connectivity index (χ4n) is 6.30. The monoisotopic (exact) mass is 264 g/mol. The van der Waals surface area contributed by atoms with Gasteiger partial charge in [0, 0.05) is 12.3 Å². The topological polar surface area (TPSA) is 26.3 Å². The van der Waals surface area contributed by atoms with Crippen LogP contribution in [0.5, 0.6) is 0 Å². The Morgan fingerprint density at radius 1 is 1.16 bits per heavy atom. The molecule has 0 aromatic rings. The molecule has 108 valence electrons. The van der Waals surface area contributed by atoms with Gasteiger partial charge in [-0.25, -0.2) is 0 Å². The summed E-state index contributed by atoms with van der Waals surface area (Å²) in [5.74, 6) is 2.27. The molecule has 3 fully saturated rings. The average Bonchev–Trinajstić information content (AvgIpc) is 2.65. The Morgan fingerprint density at radius 2 is 1.84 bits per heavy atom. The Kier molecular flexibility index (Phi) is 2.67. The molecule has 0 aromatic carbocycles. The van der Waals surface area contributed by atoms with E-state index in [1.165, 1.54) is 25.7 Å². The third kappa shape index (κ3) is 1.52. The number of hydrogen-bond acceptors (Lipinski definition) is 2. The zero-order chi connectivity index (χ0) is 14.1. The molecule has 3 saturated carbocycles. The van der Waals surface area contributed by atoms with Gasteiger partial charge in [0.25, 0.3) is 0 Å². The highest BCUT2D eigenvalue weighted by atomic mass is 16.6. The number of esters is 1. The van der Waals surface area contributed by atoms with Crippen LogP contribution >= 0.6 is 0 Å². The lowest BCUT2D eigenvalue weighted by Crippen LogP contribution is -2.47. The predicted octanol–water partition coefficient (Wildman–Crippen LogP) is 4.18. The van der Waals surface area contributed by atoms with Gasteiger partial charge in [0.05, 0.1) is 0 Å². The molecule has 3 rings (SSSR count). The molecule has 3 aliphatic rings. The number of fused-ring (bicyclic) bond motifs is 1. The normalized spacial score (nSPS) is 50.9. The third-order valence-electron chi connectivity index (χ3n) is 7.17. The van der Waals surface area contributed by atoms with Crippen LogP contribution in [0.3, 0.4) is 0 Å². The number of hydrogen-bond donors (Lipinski definition) is 0. The number of rotatable bonds is 1. The predicted molar refractivity (Wildman–Crippen MR) is 75.6 cm³/mol. The van der Waals surface area contributed by atoms with Crippen LogP contribution in [-0.2, 0) is 9.53 Å². The van der Waals surface area contributed by atoms with Crippen LogP contribution in [0.1, 0.15) is 66.7 Å². The van der Waals surface area contributed by atoms with E-state index in [9.17, 15) is 4.79 Å². The maximum Gasteiger partial charge on any atom is 0.303 e. The van der Waals surface area contributed by atoms with Gasteiger partial charge in [-0.2, -0.15) is 0 Å². The van der Waals surface area contributed by atoms with Crippen molar-refractivity contribution < 1.29 is 9.53 Å². The zero-order valence-corrected chi connectivity index (χ0v) is 13.1. The summed E-state index contributed by atoms with van der Waals surface area (Å²) in [5.41, 5.74) is 0.461. The first-order valence-electron chi connectivity index (χ1n) is 7.92. The van der Waals surface area contributed by atoms with Crippen LogP contribution in [0, 0.1) is 28.6 Å². The van der Waals surface area contributed by atoms with Gasteiger partial charge in [0.15, 0.2) is 0 Å². The first-order chi connectivity index (χ1) is 8.73. The van der Waals surface area contributed by atoms with Crippen LogP contribution in [0.4, 0.5) is 0 Å². The van der Waals surface area contributed by atoms with Crippen LogP contribution in [0.25, 0.3) is 0 Å². The van der Waals surface area contributed by atoms with Gasteiger partial charge in [-0.15, -0.1) is 0 Å². The number of ether oxygens (including phenoxy) is 1. The van der Waals surface area contributed by atoms with Crippen molar-refractivity contribution in [2.75, 3.05) is 0 Å². The molecule has 0 amide bonds. The molecule has 0 aromatic heterocycles. The van der Waals surface area contributed by atoms with Gasteiger partial charge >= 0.3 is 5.97 Å². The molecular formula is C17H28O2. The van der Waals surface area contributed by atoms with Crippen LogP contribution in [0.15, 0.2) is 0 Å². The molecule has 2 nitrogen and oxygen atoms in total. The molecular weight excluding hydrogens is 236 g/mol. The Labute approximate surface area is 117 Å². The summed E-state index contributed by atoms with van der Waals surface area (Å²) < 4.78 is 5.88. The van der Waals surface area contributed by atoms with E-state index in [4.69, 9.17) is 4.74 Å². The highest BCUT2D eigenvalue weighted by Gasteiger charge is 2.70. The molecule has 2 bridgehead atoms. The van der Waals surface area contributed by atoms with Crippen molar-refractivity contribution in [3.05, 3.63) is 0 Å². The van der Waals surface area contributed by atoms with Crippen molar-refractivity contribution in [3.63, 3.8) is 0 Å². The van der Waals surface area contributed by atoms with Crippen molar-refractivity contribution in [2.45, 2.75) is 72.3 Å². The second kappa shape index (κ2) is 3.77. The minimum atomic E-state index is -0.213. The molecule has 1 spiro atoms. The zero-order valence-electron chi connectivity index (χ0n) is 13.1. The summed E-state index contributed by atoms with van der Waals surface area (Å²) in [5, 5.41) is 0. The van der Waals surface area contributed by atoms with Gasteiger partial charge in [0.1, 0.15) is 5.60 Å². The highest BCUT2D eigenvalue weighted by molar-refractivity contribution is 5.66. The SMILES string of the molecule is CC(=O)O[C@]1(C)CC[C@H]2C(C)(C)[C@H]3C[C@]21CC[C@@H]3C. The number of carbonyl (C=O) groups excluding carboxylic acids is 1. The van der Waals surface area contributed by atoms with E-state index in [0.29, 0.717) is 5.41 Å². The van der Waals surface area contributed by atoms with Crippen molar-refractivity contribution in [3.8, 4) is 0 Å². The van der Waals surface area contributed by atoms with Crippen molar-refractivity contribution in [1.29, 1.82) is 0 Å². The minimum Gasteiger partial charge on any atom is -0.459 e. The van der Waals surface area contributed by atoms with E-state index in [-0.39, 0.29) is 17.0 Å². The summed E-state index contributed by atoms with van der Waals surface area (Å²) in [6, 6.07) is 0. The lowest BCUT2D eigenvalue weighted by Gasteiger charge is -2.46. The minimum absolute atomic E-state index is 0.0996. The van der Waals surface area contributed by atoms with Crippen LogP contribution < -0.4 is 0 Å². The molecule has 0 unspecified atom stereocenters. The Morgan fingerprint density at radius 3 is 2.47 bits per heavy atom. The first-order valence-corrected chi connectivity index (χ1v) is 7.92. The van der Waals surface area contributed by atoms with Crippen molar-refractivity contribution in [2.24, 2.45) is 28.6 Å². The largest absolute Gasteiger partial charge is 0.459 e. The van der Waals surface area contributed by atoms with Gasteiger partial charge in [-0.1, -0.05) is 20.8 Å². The summed E-state index contributed by atoms with van der Waals surface area (Å²) in [6.45, 7) is 11.1. The molecule has 0 radical (unpaired) electrons. The quantitative estimate of drug-likeness (QED) is 0.664. The Bertz CT molecular complexity index is 413. The molecule has 0 aliphatic heterocycles. The van der Waals surface area contributed by atoms with Crippen LogP contribution in [-0.4, -0.2) is 11.6 Å². The van der Waals surface area contributed by atoms with E-state index >= 15 is 0 Å². The molecule has 0 saturated heterocycles. The van der Waals surface area contributed by atoms with Gasteiger partial charge in [0.2, 0.25) is 0 Å². The lowest BCUT2D eigenvalue weighted by atomic mass is 9.63. The second-order valence-corrected chi connectivity index (χ2v) is 8.22. The van der Waals surface area contributed by atoms with Crippen LogP contribution in [0.2, 0.25) is 0 Å². The first kappa shape index (κ1) is 13.5. The van der Waals surface area contributed by atoms with Crippen molar-refractivity contribution >= 4 is 5.97 Å². The van der Waals surface area contributed by atoms with E-state index in [1.807, 2.05) is 0 Å². The van der Waals surface area contributed by atoms with Crippen molar-refractivity contribution in [1.82, 2.24) is 0 Å². The summed E-state index contributed by atoms with van der Waals surface area (Å²) in [6.07, 6.45) is 6.13. The molecule has 0 N–H and O–H groups in total. The van der Waals surface area contributed by atoms with E-state index in [1.54, 1.807) is 6.92 Å². The number of carbonyl (C=O) groups is 1. The molecule has 0 heterocycles. The second-order valence-electron chi connectivity index (χ2n) is 8.22. The third-order valence-corrected chi connectivity index (χ3v) is 7.17.